The van der Waals surface area contributed by atoms with Crippen molar-refractivity contribution in [1.82, 2.24) is 4.98 Å². The molecule has 5 nitrogen and oxygen atoms in total. The predicted molar refractivity (Wildman–Crippen MR) is 100 cm³/mol. The minimum Gasteiger partial charge on any atom is -0.496 e. The number of benzene rings is 3. The highest BCUT2D eigenvalue weighted by Gasteiger charge is 2.14. The SMILES string of the molecule is COc1ccc(F)cc1C(=O)Nc1ccc(-c2nc3ccccc3o2)cc1. The maximum absolute atomic E-state index is 13.5. The van der Waals surface area contributed by atoms with E-state index >= 15 is 0 Å². The molecule has 134 valence electrons. The number of fused-ring (bicyclic) bond motifs is 1. The molecule has 0 saturated carbocycles. The van der Waals surface area contributed by atoms with Crippen LogP contribution in [0.15, 0.2) is 71.1 Å². The molecule has 0 aliphatic heterocycles. The number of aromatic nitrogens is 1. The van der Waals surface area contributed by atoms with Crippen LogP contribution in [0.1, 0.15) is 10.4 Å². The number of halogens is 1. The van der Waals surface area contributed by atoms with Gasteiger partial charge in [0.15, 0.2) is 5.58 Å². The summed E-state index contributed by atoms with van der Waals surface area (Å²) in [6.07, 6.45) is 0. The fourth-order valence-electron chi connectivity index (χ4n) is 2.75. The van der Waals surface area contributed by atoms with E-state index in [-0.39, 0.29) is 5.56 Å². The third-order valence-electron chi connectivity index (χ3n) is 4.09. The molecule has 0 aliphatic carbocycles. The number of carbonyl (C=O) groups is 1. The number of anilines is 1. The van der Waals surface area contributed by atoms with Crippen molar-refractivity contribution >= 4 is 22.7 Å². The second-order valence-corrected chi connectivity index (χ2v) is 5.86. The van der Waals surface area contributed by atoms with E-state index in [0.717, 1.165) is 17.1 Å². The zero-order valence-corrected chi connectivity index (χ0v) is 14.4. The Kier molecular flexibility index (Phi) is 4.30. The van der Waals surface area contributed by atoms with E-state index < -0.39 is 11.7 Å². The lowest BCUT2D eigenvalue weighted by atomic mass is 10.1. The third-order valence-corrected chi connectivity index (χ3v) is 4.09. The number of hydrogen-bond acceptors (Lipinski definition) is 4. The maximum atomic E-state index is 13.5. The van der Waals surface area contributed by atoms with Crippen LogP contribution >= 0.6 is 0 Å². The van der Waals surface area contributed by atoms with Crippen molar-refractivity contribution in [3.05, 3.63) is 78.1 Å². The normalized spacial score (nSPS) is 10.7. The van der Waals surface area contributed by atoms with Crippen LogP contribution in [0.2, 0.25) is 0 Å². The monoisotopic (exact) mass is 362 g/mol. The molecule has 0 bridgehead atoms. The number of carbonyl (C=O) groups excluding carboxylic acids is 1. The van der Waals surface area contributed by atoms with Gasteiger partial charge in [0.1, 0.15) is 17.1 Å². The van der Waals surface area contributed by atoms with E-state index in [2.05, 4.69) is 10.3 Å². The number of nitrogens with zero attached hydrogens (tertiary/aromatic N) is 1. The summed E-state index contributed by atoms with van der Waals surface area (Å²) >= 11 is 0. The number of rotatable bonds is 4. The minimum absolute atomic E-state index is 0.125. The molecule has 4 rings (SSSR count). The lowest BCUT2D eigenvalue weighted by Gasteiger charge is -2.09. The second kappa shape index (κ2) is 6.92. The third kappa shape index (κ3) is 3.37. The van der Waals surface area contributed by atoms with E-state index in [4.69, 9.17) is 9.15 Å². The number of amides is 1. The quantitative estimate of drug-likeness (QED) is 0.561. The summed E-state index contributed by atoms with van der Waals surface area (Å²) in [5, 5.41) is 2.73. The summed E-state index contributed by atoms with van der Waals surface area (Å²) in [6.45, 7) is 0. The van der Waals surface area contributed by atoms with Crippen LogP contribution in [0.3, 0.4) is 0 Å². The first-order valence-corrected chi connectivity index (χ1v) is 8.25. The van der Waals surface area contributed by atoms with Gasteiger partial charge in [-0.25, -0.2) is 9.37 Å². The van der Waals surface area contributed by atoms with Crippen molar-refractivity contribution in [1.29, 1.82) is 0 Å². The molecule has 27 heavy (non-hydrogen) atoms. The summed E-state index contributed by atoms with van der Waals surface area (Å²) in [4.78, 5) is 16.9. The summed E-state index contributed by atoms with van der Waals surface area (Å²) in [7, 11) is 1.43. The van der Waals surface area contributed by atoms with Crippen LogP contribution in [0, 0.1) is 5.82 Å². The van der Waals surface area contributed by atoms with Gasteiger partial charge in [0.2, 0.25) is 5.89 Å². The number of para-hydroxylation sites is 2. The summed E-state index contributed by atoms with van der Waals surface area (Å²) in [5.41, 5.74) is 2.96. The van der Waals surface area contributed by atoms with Crippen molar-refractivity contribution in [3.8, 4) is 17.2 Å². The van der Waals surface area contributed by atoms with Gasteiger partial charge >= 0.3 is 0 Å². The van der Waals surface area contributed by atoms with Gasteiger partial charge in [0, 0.05) is 11.3 Å². The Morgan fingerprint density at radius 1 is 1.07 bits per heavy atom. The van der Waals surface area contributed by atoms with Crippen LogP contribution in [0.4, 0.5) is 10.1 Å². The van der Waals surface area contributed by atoms with Gasteiger partial charge < -0.3 is 14.5 Å². The molecule has 3 aromatic carbocycles. The molecule has 1 N–H and O–H groups in total. The molecule has 1 aromatic heterocycles. The number of methoxy groups -OCH3 is 1. The topological polar surface area (TPSA) is 64.4 Å². The molecule has 0 saturated heterocycles. The number of oxazole rings is 1. The van der Waals surface area contributed by atoms with Crippen molar-refractivity contribution in [3.63, 3.8) is 0 Å². The molecule has 1 heterocycles. The highest BCUT2D eigenvalue weighted by atomic mass is 19.1. The Bertz CT molecular complexity index is 1090. The molecule has 4 aromatic rings. The van der Waals surface area contributed by atoms with E-state index in [0.29, 0.717) is 22.9 Å². The predicted octanol–water partition coefficient (Wildman–Crippen LogP) is 4.89. The van der Waals surface area contributed by atoms with Crippen LogP contribution in [0.25, 0.3) is 22.6 Å². The van der Waals surface area contributed by atoms with Crippen molar-refractivity contribution in [2.75, 3.05) is 12.4 Å². The van der Waals surface area contributed by atoms with E-state index in [1.165, 1.54) is 19.2 Å². The molecule has 0 atom stereocenters. The van der Waals surface area contributed by atoms with E-state index in [1.807, 2.05) is 24.3 Å². The van der Waals surface area contributed by atoms with Crippen LogP contribution in [0.5, 0.6) is 5.75 Å². The molecular formula is C21H15FN2O3. The van der Waals surface area contributed by atoms with Gasteiger partial charge in [-0.1, -0.05) is 12.1 Å². The zero-order valence-electron chi connectivity index (χ0n) is 14.4. The summed E-state index contributed by atoms with van der Waals surface area (Å²) in [6, 6.07) is 18.4. The van der Waals surface area contributed by atoms with Gasteiger partial charge in [0.05, 0.1) is 12.7 Å². The maximum Gasteiger partial charge on any atom is 0.259 e. The van der Waals surface area contributed by atoms with E-state index in [9.17, 15) is 9.18 Å². The standard InChI is InChI=1S/C21H15FN2O3/c1-26-18-11-8-14(22)12-16(18)20(25)23-15-9-6-13(7-10-15)21-24-17-4-2-3-5-19(17)27-21/h2-12H,1H3,(H,23,25). The Morgan fingerprint density at radius 3 is 2.59 bits per heavy atom. The van der Waals surface area contributed by atoms with Gasteiger partial charge in [0.25, 0.3) is 5.91 Å². The smallest absolute Gasteiger partial charge is 0.259 e. The molecule has 6 heteroatoms. The number of nitrogens with one attached hydrogen (secondary N) is 1. The number of hydrogen-bond donors (Lipinski definition) is 1. The molecular weight excluding hydrogens is 347 g/mol. The highest BCUT2D eigenvalue weighted by molar-refractivity contribution is 6.06. The average molecular weight is 362 g/mol. The highest BCUT2D eigenvalue weighted by Crippen LogP contribution is 2.26. The first kappa shape index (κ1) is 16.8. The summed E-state index contributed by atoms with van der Waals surface area (Å²) in [5.74, 6) is -0.161. The van der Waals surface area contributed by atoms with Gasteiger partial charge in [-0.3, -0.25) is 4.79 Å². The zero-order chi connectivity index (χ0) is 18.8. The van der Waals surface area contributed by atoms with Crippen LogP contribution < -0.4 is 10.1 Å². The number of ether oxygens (including phenoxy) is 1. The Labute approximate surface area is 154 Å². The van der Waals surface area contributed by atoms with E-state index in [1.54, 1.807) is 24.3 Å². The Balaban J connectivity index is 1.56. The Hall–Kier alpha value is -3.67. The lowest BCUT2D eigenvalue weighted by Crippen LogP contribution is -2.13. The van der Waals surface area contributed by atoms with Gasteiger partial charge in [-0.2, -0.15) is 0 Å². The average Bonchev–Trinajstić information content (AvgIpc) is 3.12. The van der Waals surface area contributed by atoms with Gasteiger partial charge in [-0.15, -0.1) is 0 Å². The molecule has 0 spiro atoms. The molecule has 0 unspecified atom stereocenters. The molecule has 1 amide bonds. The van der Waals surface area contributed by atoms with Gasteiger partial charge in [-0.05, 0) is 54.6 Å². The largest absolute Gasteiger partial charge is 0.496 e. The van der Waals surface area contributed by atoms with Crippen LogP contribution in [-0.2, 0) is 0 Å². The Morgan fingerprint density at radius 2 is 1.85 bits per heavy atom. The summed E-state index contributed by atoms with van der Waals surface area (Å²) < 4.78 is 24.3. The van der Waals surface area contributed by atoms with Crippen molar-refractivity contribution < 1.29 is 18.3 Å². The van der Waals surface area contributed by atoms with Crippen LogP contribution in [-0.4, -0.2) is 18.0 Å². The fourth-order valence-corrected chi connectivity index (χ4v) is 2.75. The molecule has 0 fully saturated rings. The first-order valence-electron chi connectivity index (χ1n) is 8.25. The fraction of sp³-hybridized carbons (Fsp3) is 0.0476. The van der Waals surface area contributed by atoms with Crippen molar-refractivity contribution in [2.24, 2.45) is 0 Å². The molecule has 0 radical (unpaired) electrons. The lowest BCUT2D eigenvalue weighted by molar-refractivity contribution is 0.102. The van der Waals surface area contributed by atoms with Crippen molar-refractivity contribution in [2.45, 2.75) is 0 Å². The second-order valence-electron chi connectivity index (χ2n) is 5.86. The first-order chi connectivity index (χ1) is 13.1. The molecule has 0 aliphatic rings. The minimum atomic E-state index is -0.507.